The Morgan fingerprint density at radius 3 is 2.75 bits per heavy atom. The van der Waals surface area contributed by atoms with Crippen molar-refractivity contribution in [2.24, 2.45) is 0 Å². The fraction of sp³-hybridized carbons (Fsp3) is 0.357. The summed E-state index contributed by atoms with van der Waals surface area (Å²) in [5.41, 5.74) is 0.346. The van der Waals surface area contributed by atoms with Gasteiger partial charge in [-0.05, 0) is 26.0 Å². The molecule has 1 unspecified atom stereocenters. The van der Waals surface area contributed by atoms with Gasteiger partial charge < -0.3 is 14.8 Å². The minimum absolute atomic E-state index is 0.255. The molecule has 0 aromatic heterocycles. The molecule has 106 valence electrons. The van der Waals surface area contributed by atoms with Gasteiger partial charge in [0.15, 0.2) is 6.61 Å². The largest absolute Gasteiger partial charge is 0.482 e. The first-order valence-electron chi connectivity index (χ1n) is 6.16. The van der Waals surface area contributed by atoms with Crippen LogP contribution in [0, 0.1) is 11.3 Å². The lowest BCUT2D eigenvalue weighted by Gasteiger charge is -2.13. The third-order valence-corrected chi connectivity index (χ3v) is 2.38. The van der Waals surface area contributed by atoms with Crippen LogP contribution in [0.4, 0.5) is 0 Å². The summed E-state index contributed by atoms with van der Waals surface area (Å²) in [5, 5.41) is 11.3. The fourth-order valence-corrected chi connectivity index (χ4v) is 1.44. The van der Waals surface area contributed by atoms with Gasteiger partial charge in [-0.3, -0.25) is 4.79 Å². The van der Waals surface area contributed by atoms with Crippen molar-refractivity contribution in [1.29, 1.82) is 5.26 Å². The highest BCUT2D eigenvalue weighted by molar-refractivity contribution is 5.84. The summed E-state index contributed by atoms with van der Waals surface area (Å²) < 4.78 is 10.0. The van der Waals surface area contributed by atoms with E-state index in [0.29, 0.717) is 11.3 Å². The van der Waals surface area contributed by atoms with E-state index < -0.39 is 17.9 Å². The van der Waals surface area contributed by atoms with E-state index in [-0.39, 0.29) is 13.2 Å². The van der Waals surface area contributed by atoms with Crippen molar-refractivity contribution < 1.29 is 19.1 Å². The molecule has 0 spiro atoms. The number of benzene rings is 1. The van der Waals surface area contributed by atoms with E-state index in [1.54, 1.807) is 31.2 Å². The molecule has 0 radical (unpaired) electrons. The van der Waals surface area contributed by atoms with Gasteiger partial charge in [0.05, 0.1) is 12.2 Å². The van der Waals surface area contributed by atoms with Crippen LogP contribution >= 0.6 is 0 Å². The van der Waals surface area contributed by atoms with Crippen LogP contribution in [0.1, 0.15) is 19.4 Å². The molecule has 1 aromatic rings. The molecular formula is C14H16N2O4. The first-order chi connectivity index (χ1) is 9.58. The van der Waals surface area contributed by atoms with E-state index in [0.717, 1.165) is 0 Å². The van der Waals surface area contributed by atoms with Crippen LogP contribution < -0.4 is 10.1 Å². The van der Waals surface area contributed by atoms with Gasteiger partial charge in [-0.2, -0.15) is 5.26 Å². The molecule has 0 bridgehead atoms. The zero-order valence-corrected chi connectivity index (χ0v) is 11.4. The van der Waals surface area contributed by atoms with Crippen molar-refractivity contribution in [3.63, 3.8) is 0 Å². The highest BCUT2D eigenvalue weighted by atomic mass is 16.5. The summed E-state index contributed by atoms with van der Waals surface area (Å²) in [5.74, 6) is -0.634. The number of carbonyl (C=O) groups is 2. The van der Waals surface area contributed by atoms with Crippen LogP contribution in [0.2, 0.25) is 0 Å². The van der Waals surface area contributed by atoms with Crippen molar-refractivity contribution in [2.45, 2.75) is 19.9 Å². The topological polar surface area (TPSA) is 88.4 Å². The minimum atomic E-state index is -0.739. The molecule has 20 heavy (non-hydrogen) atoms. The minimum Gasteiger partial charge on any atom is -0.482 e. The molecule has 1 N–H and O–H groups in total. The molecule has 0 heterocycles. The Kier molecular flexibility index (Phi) is 6.04. The number of amides is 1. The Labute approximate surface area is 117 Å². The molecule has 6 nitrogen and oxygen atoms in total. The normalized spacial score (nSPS) is 11.1. The fourth-order valence-electron chi connectivity index (χ4n) is 1.44. The van der Waals surface area contributed by atoms with Crippen molar-refractivity contribution in [3.05, 3.63) is 29.8 Å². The second kappa shape index (κ2) is 7.79. The van der Waals surface area contributed by atoms with Crippen molar-refractivity contribution in [1.82, 2.24) is 5.32 Å². The molecule has 0 saturated carbocycles. The summed E-state index contributed by atoms with van der Waals surface area (Å²) in [4.78, 5) is 22.9. The number of para-hydroxylation sites is 1. The lowest BCUT2D eigenvalue weighted by Crippen LogP contribution is -2.41. The smallest absolute Gasteiger partial charge is 0.328 e. The summed E-state index contributed by atoms with van der Waals surface area (Å²) in [6, 6.07) is 7.82. The predicted molar refractivity (Wildman–Crippen MR) is 70.9 cm³/mol. The molecule has 1 amide bonds. The molecule has 6 heteroatoms. The second-order valence-corrected chi connectivity index (χ2v) is 3.94. The van der Waals surface area contributed by atoms with E-state index in [1.165, 1.54) is 6.92 Å². The van der Waals surface area contributed by atoms with Crippen molar-refractivity contribution >= 4 is 11.9 Å². The van der Waals surface area contributed by atoms with E-state index in [2.05, 4.69) is 5.32 Å². The highest BCUT2D eigenvalue weighted by Gasteiger charge is 2.16. The van der Waals surface area contributed by atoms with Gasteiger partial charge in [0.1, 0.15) is 17.9 Å². The standard InChI is InChI=1S/C14H16N2O4/c1-3-19-14(18)10(2)16-13(17)9-20-12-7-5-4-6-11(12)8-15/h4-7,10H,3,9H2,1-2H3,(H,16,17). The number of rotatable bonds is 6. The number of nitrogens with zero attached hydrogens (tertiary/aromatic N) is 1. The van der Waals surface area contributed by atoms with Gasteiger partial charge >= 0.3 is 5.97 Å². The molecular weight excluding hydrogens is 260 g/mol. The molecule has 0 aliphatic carbocycles. The summed E-state index contributed by atoms with van der Waals surface area (Å²) in [6.07, 6.45) is 0. The Morgan fingerprint density at radius 2 is 2.10 bits per heavy atom. The number of hydrogen-bond donors (Lipinski definition) is 1. The molecule has 0 aliphatic rings. The maximum absolute atomic E-state index is 11.6. The zero-order valence-electron chi connectivity index (χ0n) is 11.4. The molecule has 0 fully saturated rings. The number of esters is 1. The van der Waals surface area contributed by atoms with Gasteiger partial charge in [0, 0.05) is 0 Å². The lowest BCUT2D eigenvalue weighted by molar-refractivity contribution is -0.147. The highest BCUT2D eigenvalue weighted by Crippen LogP contribution is 2.16. The number of ether oxygens (including phenoxy) is 2. The van der Waals surface area contributed by atoms with Crippen LogP contribution in [0.3, 0.4) is 0 Å². The predicted octanol–water partition coefficient (Wildman–Crippen LogP) is 1.00. The van der Waals surface area contributed by atoms with Gasteiger partial charge in [-0.1, -0.05) is 12.1 Å². The van der Waals surface area contributed by atoms with Gasteiger partial charge in [0.2, 0.25) is 0 Å². The van der Waals surface area contributed by atoms with E-state index in [4.69, 9.17) is 14.7 Å². The van der Waals surface area contributed by atoms with Gasteiger partial charge in [0.25, 0.3) is 5.91 Å². The average molecular weight is 276 g/mol. The Morgan fingerprint density at radius 1 is 1.40 bits per heavy atom. The zero-order chi connectivity index (χ0) is 15.0. The van der Waals surface area contributed by atoms with E-state index >= 15 is 0 Å². The van der Waals surface area contributed by atoms with Crippen LogP contribution in [-0.2, 0) is 14.3 Å². The second-order valence-electron chi connectivity index (χ2n) is 3.94. The van der Waals surface area contributed by atoms with Crippen molar-refractivity contribution in [3.8, 4) is 11.8 Å². The van der Waals surface area contributed by atoms with Crippen LogP contribution in [0.25, 0.3) is 0 Å². The maximum Gasteiger partial charge on any atom is 0.328 e. The van der Waals surface area contributed by atoms with Gasteiger partial charge in [-0.15, -0.1) is 0 Å². The molecule has 1 aromatic carbocycles. The average Bonchev–Trinajstić information content (AvgIpc) is 2.45. The molecule has 0 saturated heterocycles. The van der Waals surface area contributed by atoms with Crippen LogP contribution in [0.5, 0.6) is 5.75 Å². The Hall–Kier alpha value is -2.55. The monoisotopic (exact) mass is 276 g/mol. The van der Waals surface area contributed by atoms with E-state index in [9.17, 15) is 9.59 Å². The number of nitrogens with one attached hydrogen (secondary N) is 1. The Bertz CT molecular complexity index is 522. The summed E-state index contributed by atoms with van der Waals surface area (Å²) >= 11 is 0. The quantitative estimate of drug-likeness (QED) is 0.783. The van der Waals surface area contributed by atoms with Gasteiger partial charge in [-0.25, -0.2) is 4.79 Å². The van der Waals surface area contributed by atoms with Crippen LogP contribution in [-0.4, -0.2) is 31.1 Å². The maximum atomic E-state index is 11.6. The SMILES string of the molecule is CCOC(=O)C(C)NC(=O)COc1ccccc1C#N. The van der Waals surface area contributed by atoms with E-state index in [1.807, 2.05) is 6.07 Å². The third-order valence-electron chi connectivity index (χ3n) is 2.38. The summed E-state index contributed by atoms with van der Waals surface area (Å²) in [7, 11) is 0. The lowest BCUT2D eigenvalue weighted by atomic mass is 10.2. The van der Waals surface area contributed by atoms with Crippen molar-refractivity contribution in [2.75, 3.05) is 13.2 Å². The molecule has 0 aliphatic heterocycles. The number of nitriles is 1. The summed E-state index contributed by atoms with van der Waals surface area (Å²) in [6.45, 7) is 3.20. The molecule has 1 atom stereocenters. The number of hydrogen-bond acceptors (Lipinski definition) is 5. The Balaban J connectivity index is 2.48. The third kappa shape index (κ3) is 4.61. The number of carbonyl (C=O) groups excluding carboxylic acids is 2. The molecule has 1 rings (SSSR count). The van der Waals surface area contributed by atoms with Crippen LogP contribution in [0.15, 0.2) is 24.3 Å². The first-order valence-corrected chi connectivity index (χ1v) is 6.16. The first kappa shape index (κ1) is 15.5.